The molecule has 0 bridgehead atoms. The van der Waals surface area contributed by atoms with Crippen molar-refractivity contribution < 1.29 is 27.5 Å². The molecule has 12 heteroatoms. The molecular weight excluding hydrogens is 452 g/mol. The van der Waals surface area contributed by atoms with E-state index in [2.05, 4.69) is 20.3 Å². The smallest absolute Gasteiger partial charge is 0.330 e. The van der Waals surface area contributed by atoms with Crippen LogP contribution in [-0.4, -0.2) is 58.1 Å². The lowest BCUT2D eigenvalue weighted by molar-refractivity contribution is -0.0188. The third kappa shape index (κ3) is 4.67. The summed E-state index contributed by atoms with van der Waals surface area (Å²) >= 11 is 0. The molecule has 0 aliphatic carbocycles. The molecule has 1 N–H and O–H groups in total. The number of rotatable bonds is 8. The van der Waals surface area contributed by atoms with Crippen LogP contribution >= 0.6 is 7.60 Å². The molecule has 0 spiro atoms. The number of carbonyl (C=O) groups is 1. The predicted octanol–water partition coefficient (Wildman–Crippen LogP) is 3.83. The molecule has 3 heterocycles. The molecule has 1 aliphatic rings. The maximum atomic E-state index is 15.2. The van der Waals surface area contributed by atoms with Crippen LogP contribution in [0.15, 0.2) is 43.0 Å². The molecule has 0 saturated carbocycles. The fraction of sp³-hybridized carbons (Fsp3) is 0.429. The summed E-state index contributed by atoms with van der Waals surface area (Å²) in [7, 11) is -0.597. The van der Waals surface area contributed by atoms with Crippen molar-refractivity contribution in [2.75, 3.05) is 25.7 Å². The number of hydrogen-bond donors (Lipinski definition) is 1. The maximum Gasteiger partial charge on any atom is 0.330 e. The van der Waals surface area contributed by atoms with Gasteiger partial charge < -0.3 is 19.1 Å². The fourth-order valence-electron chi connectivity index (χ4n) is 3.83. The summed E-state index contributed by atoms with van der Waals surface area (Å²) in [4.78, 5) is 25.2. The highest BCUT2D eigenvalue weighted by molar-refractivity contribution is 7.53. The van der Waals surface area contributed by atoms with Crippen molar-refractivity contribution in [3.63, 3.8) is 0 Å². The van der Waals surface area contributed by atoms with Crippen LogP contribution in [0, 0.1) is 5.92 Å². The molecule has 176 valence electrons. The van der Waals surface area contributed by atoms with Gasteiger partial charge in [-0.3, -0.25) is 13.9 Å². The zero-order chi connectivity index (χ0) is 23.6. The molecule has 1 aliphatic heterocycles. The van der Waals surface area contributed by atoms with Crippen LogP contribution < -0.4 is 5.32 Å². The number of halogens is 1. The number of hydrogen-bond acceptors (Lipinski definition) is 8. The Morgan fingerprint density at radius 2 is 1.94 bits per heavy atom. The molecule has 1 saturated heterocycles. The average molecular weight is 477 g/mol. The highest BCUT2D eigenvalue weighted by atomic mass is 31.2. The Morgan fingerprint density at radius 1 is 1.21 bits per heavy atom. The Bertz CT molecular complexity index is 1170. The van der Waals surface area contributed by atoms with E-state index in [1.165, 1.54) is 31.4 Å². The molecule has 4 unspecified atom stereocenters. The van der Waals surface area contributed by atoms with Gasteiger partial charge in [0.25, 0.3) is 5.91 Å². The second-order valence-electron chi connectivity index (χ2n) is 7.72. The van der Waals surface area contributed by atoms with Crippen LogP contribution in [0.2, 0.25) is 0 Å². The number of fused-ring (bicyclic) bond motifs is 1. The van der Waals surface area contributed by atoms with Crippen LogP contribution in [0.3, 0.4) is 0 Å². The Balaban J connectivity index is 1.55. The van der Waals surface area contributed by atoms with Crippen molar-refractivity contribution in [1.29, 1.82) is 0 Å². The van der Waals surface area contributed by atoms with Crippen molar-refractivity contribution >= 4 is 30.5 Å². The minimum Gasteiger partial charge on any atom is -0.351 e. The number of carbonyl (C=O) groups excluding carboxylic acids is 1. The molecule has 1 aromatic carbocycles. The number of benzene rings is 1. The van der Waals surface area contributed by atoms with Crippen LogP contribution in [0.25, 0.3) is 11.2 Å². The Kier molecular flexibility index (Phi) is 6.85. The molecule has 4 atom stereocenters. The molecule has 2 aromatic heterocycles. The van der Waals surface area contributed by atoms with E-state index >= 15 is 4.39 Å². The van der Waals surface area contributed by atoms with Crippen molar-refractivity contribution in [3.8, 4) is 0 Å². The van der Waals surface area contributed by atoms with Crippen LogP contribution in [0.5, 0.6) is 0 Å². The summed E-state index contributed by atoms with van der Waals surface area (Å²) in [5.74, 6) is -0.597. The number of anilines is 1. The van der Waals surface area contributed by atoms with Gasteiger partial charge in [0, 0.05) is 25.7 Å². The van der Waals surface area contributed by atoms with Crippen molar-refractivity contribution in [1.82, 2.24) is 19.5 Å². The highest BCUT2D eigenvalue weighted by Gasteiger charge is 2.44. The van der Waals surface area contributed by atoms with E-state index < -0.39 is 32.0 Å². The van der Waals surface area contributed by atoms with Gasteiger partial charge in [-0.1, -0.05) is 25.1 Å². The van der Waals surface area contributed by atoms with E-state index in [1.54, 1.807) is 31.2 Å². The van der Waals surface area contributed by atoms with Gasteiger partial charge in [-0.15, -0.1) is 0 Å². The number of alkyl halides is 1. The predicted molar refractivity (Wildman–Crippen MR) is 119 cm³/mol. The first-order chi connectivity index (χ1) is 15.9. The molecule has 4 rings (SSSR count). The monoisotopic (exact) mass is 477 g/mol. The second kappa shape index (κ2) is 9.64. The van der Waals surface area contributed by atoms with E-state index in [0.29, 0.717) is 23.1 Å². The first-order valence-corrected chi connectivity index (χ1v) is 12.1. The van der Waals surface area contributed by atoms with E-state index in [9.17, 15) is 9.36 Å². The van der Waals surface area contributed by atoms with Crippen LogP contribution in [0.4, 0.5) is 10.2 Å². The Hall–Kier alpha value is -2.72. The topological polar surface area (TPSA) is 117 Å². The van der Waals surface area contributed by atoms with E-state index in [0.717, 1.165) is 0 Å². The number of nitrogens with one attached hydrogen (secondary N) is 1. The summed E-state index contributed by atoms with van der Waals surface area (Å²) in [5.41, 5.74) is 1.11. The number of nitrogens with zero attached hydrogens (tertiary/aromatic N) is 4. The molecule has 1 amide bonds. The third-order valence-electron chi connectivity index (χ3n) is 5.82. The van der Waals surface area contributed by atoms with E-state index in [4.69, 9.17) is 13.8 Å². The quantitative estimate of drug-likeness (QED) is 0.487. The summed E-state index contributed by atoms with van der Waals surface area (Å²) in [6, 6.07) is 8.69. The average Bonchev–Trinajstić information content (AvgIpc) is 3.40. The number of amides is 1. The molecule has 0 radical (unpaired) electrons. The minimum absolute atomic E-state index is 0.108. The van der Waals surface area contributed by atoms with Gasteiger partial charge in [0.1, 0.15) is 6.33 Å². The number of ether oxygens (including phenoxy) is 1. The SMILES string of the molecule is COP(=O)(CCC1OC(n2cnc3c(NC(=O)c4ccccc4)ncnc32)C(F)C1C)OC. The minimum atomic E-state index is -3.23. The summed E-state index contributed by atoms with van der Waals surface area (Å²) in [6.07, 6.45) is 0.270. The largest absolute Gasteiger partial charge is 0.351 e. The lowest BCUT2D eigenvalue weighted by Crippen LogP contribution is -2.20. The van der Waals surface area contributed by atoms with Gasteiger partial charge in [0.15, 0.2) is 29.4 Å². The normalized spacial score (nSPS) is 23.2. The van der Waals surface area contributed by atoms with Crippen LogP contribution in [0.1, 0.15) is 29.9 Å². The van der Waals surface area contributed by atoms with Gasteiger partial charge in [-0.25, -0.2) is 19.3 Å². The molecule has 1 fully saturated rings. The van der Waals surface area contributed by atoms with E-state index in [-0.39, 0.29) is 17.9 Å². The Labute approximate surface area is 190 Å². The zero-order valence-electron chi connectivity index (χ0n) is 18.4. The second-order valence-corrected chi connectivity index (χ2v) is 10.1. The molecule has 10 nitrogen and oxygen atoms in total. The standard InChI is InChI=1S/C21H25FN5O5P/c1-13-15(9-10-33(29,30-2)31-3)32-21(16(13)22)27-12-25-17-18(23-11-24-19(17)27)26-20(28)14-7-5-4-6-8-14/h4-8,11-13,15-16,21H,9-10H2,1-3H3,(H,23,24,26,28). The van der Waals surface area contributed by atoms with E-state index in [1.807, 2.05) is 6.07 Å². The molecule has 3 aromatic rings. The third-order valence-corrected chi connectivity index (χ3v) is 7.74. The lowest BCUT2D eigenvalue weighted by atomic mass is 10.00. The molecular formula is C21H25FN5O5P. The van der Waals surface area contributed by atoms with Crippen LogP contribution in [-0.2, 0) is 18.3 Å². The summed E-state index contributed by atoms with van der Waals surface area (Å²) in [5, 5.41) is 2.72. The van der Waals surface area contributed by atoms with Crippen molar-refractivity contribution in [3.05, 3.63) is 48.5 Å². The lowest BCUT2D eigenvalue weighted by Gasteiger charge is -2.18. The first kappa shape index (κ1) is 23.4. The van der Waals surface area contributed by atoms with Crippen molar-refractivity contribution in [2.45, 2.75) is 31.8 Å². The number of imidazole rings is 1. The van der Waals surface area contributed by atoms with Gasteiger partial charge in [-0.2, -0.15) is 0 Å². The van der Waals surface area contributed by atoms with Gasteiger partial charge in [0.05, 0.1) is 18.6 Å². The van der Waals surface area contributed by atoms with Gasteiger partial charge in [0.2, 0.25) is 0 Å². The first-order valence-electron chi connectivity index (χ1n) is 10.4. The van der Waals surface area contributed by atoms with Gasteiger partial charge >= 0.3 is 7.60 Å². The maximum absolute atomic E-state index is 15.2. The fourth-order valence-corrected chi connectivity index (χ4v) is 4.92. The summed E-state index contributed by atoms with van der Waals surface area (Å²) in [6.45, 7) is 1.74. The summed E-state index contributed by atoms with van der Waals surface area (Å²) < 4.78 is 45.0. The van der Waals surface area contributed by atoms with Gasteiger partial charge in [-0.05, 0) is 18.6 Å². The highest BCUT2D eigenvalue weighted by Crippen LogP contribution is 2.49. The Morgan fingerprint density at radius 3 is 2.64 bits per heavy atom. The van der Waals surface area contributed by atoms with Crippen molar-refractivity contribution in [2.24, 2.45) is 5.92 Å². The number of aromatic nitrogens is 4. The zero-order valence-corrected chi connectivity index (χ0v) is 19.3. The molecule has 33 heavy (non-hydrogen) atoms.